The van der Waals surface area contributed by atoms with Crippen LogP contribution in [0.5, 0.6) is 0 Å². The number of thioether (sulfide) groups is 1. The van der Waals surface area contributed by atoms with Gasteiger partial charge in [-0.1, -0.05) is 39.3 Å². The number of carbonyl (C=O) groups is 2. The van der Waals surface area contributed by atoms with E-state index in [2.05, 4.69) is 27.7 Å². The first-order valence-electron chi connectivity index (χ1n) is 13.7. The normalized spacial score (nSPS) is 40.8. The van der Waals surface area contributed by atoms with Crippen molar-refractivity contribution in [3.8, 4) is 0 Å². The second-order valence-corrected chi connectivity index (χ2v) is 13.7. The Balaban J connectivity index is 1.49. The average molecular weight is 528 g/mol. The summed E-state index contributed by atoms with van der Waals surface area (Å²) in [6, 6.07) is 1.84. The summed E-state index contributed by atoms with van der Waals surface area (Å²) >= 11 is 1.65. The van der Waals surface area contributed by atoms with E-state index in [-0.39, 0.29) is 46.1 Å². The van der Waals surface area contributed by atoms with Crippen molar-refractivity contribution in [1.82, 2.24) is 5.06 Å². The van der Waals surface area contributed by atoms with Crippen molar-refractivity contribution in [3.05, 3.63) is 48.0 Å². The topological polar surface area (TPSA) is 91.0 Å². The van der Waals surface area contributed by atoms with Gasteiger partial charge in [-0.3, -0.25) is 9.59 Å². The monoisotopic (exact) mass is 527 g/mol. The molecule has 0 aromatic carbocycles. The molecule has 0 bridgehead atoms. The number of aliphatic hydroxyl groups excluding tert-OH is 1. The molecule has 2 N–H and O–H groups in total. The van der Waals surface area contributed by atoms with Crippen LogP contribution >= 0.6 is 11.8 Å². The summed E-state index contributed by atoms with van der Waals surface area (Å²) in [6.07, 6.45) is 11.3. The number of hydrogen-bond donors (Lipinski definition) is 2. The zero-order chi connectivity index (χ0) is 26.6. The third-order valence-corrected chi connectivity index (χ3v) is 11.7. The van der Waals surface area contributed by atoms with Crippen LogP contribution in [0.4, 0.5) is 0 Å². The van der Waals surface area contributed by atoms with Crippen LogP contribution in [0.1, 0.15) is 58.9 Å². The highest BCUT2D eigenvalue weighted by Crippen LogP contribution is 2.72. The number of hydroxylamine groups is 2. The number of furan rings is 1. The van der Waals surface area contributed by atoms with Crippen LogP contribution in [0, 0.1) is 39.9 Å². The lowest BCUT2D eigenvalue weighted by Crippen LogP contribution is -2.63. The summed E-state index contributed by atoms with van der Waals surface area (Å²) in [7, 11) is 0. The first kappa shape index (κ1) is 26.9. The molecule has 3 saturated carbocycles. The summed E-state index contributed by atoms with van der Waals surface area (Å²) in [4.78, 5) is 26.0. The lowest BCUT2D eigenvalue weighted by molar-refractivity contribution is -0.177. The minimum atomic E-state index is -0.589. The van der Waals surface area contributed by atoms with Crippen molar-refractivity contribution < 1.29 is 24.3 Å². The molecule has 1 heterocycles. The molecule has 8 atom stereocenters. The maximum absolute atomic E-state index is 13.8. The number of ketones is 2. The third-order valence-electron chi connectivity index (χ3n) is 10.8. The van der Waals surface area contributed by atoms with Gasteiger partial charge in [0, 0.05) is 28.9 Å². The van der Waals surface area contributed by atoms with Gasteiger partial charge in [-0.25, -0.2) is 0 Å². The van der Waals surface area contributed by atoms with Crippen molar-refractivity contribution in [3.63, 3.8) is 0 Å². The molecule has 4 aliphatic carbocycles. The SMILES string of the molecule is CCSCC(=O)C1C(CN(O)Cc2ccoc2)CC2C3CCC4=CC(=O)C=CC4(C)C3(C)C(O)CC21C. The average Bonchev–Trinajstić information content (AvgIpc) is 3.44. The quantitative estimate of drug-likeness (QED) is 0.443. The predicted molar refractivity (Wildman–Crippen MR) is 144 cm³/mol. The van der Waals surface area contributed by atoms with Crippen LogP contribution in [0.25, 0.3) is 0 Å². The van der Waals surface area contributed by atoms with Gasteiger partial charge in [-0.15, -0.1) is 0 Å². The molecule has 4 aliphatic rings. The molecule has 8 unspecified atom stereocenters. The zero-order valence-corrected chi connectivity index (χ0v) is 23.3. The maximum Gasteiger partial charge on any atom is 0.178 e. The van der Waals surface area contributed by atoms with Gasteiger partial charge >= 0.3 is 0 Å². The lowest BCUT2D eigenvalue weighted by atomic mass is 9.40. The van der Waals surface area contributed by atoms with Gasteiger partial charge in [0.1, 0.15) is 5.78 Å². The molecule has 7 heteroatoms. The van der Waals surface area contributed by atoms with Gasteiger partial charge in [0.05, 0.1) is 30.9 Å². The Labute approximate surface area is 224 Å². The summed E-state index contributed by atoms with van der Waals surface area (Å²) in [6.45, 7) is 9.47. The van der Waals surface area contributed by atoms with E-state index >= 15 is 0 Å². The van der Waals surface area contributed by atoms with Crippen LogP contribution in [0.2, 0.25) is 0 Å². The molecule has 6 nitrogen and oxygen atoms in total. The van der Waals surface area contributed by atoms with E-state index in [1.165, 1.54) is 5.06 Å². The van der Waals surface area contributed by atoms with E-state index < -0.39 is 11.5 Å². The number of rotatable bonds is 8. The number of aliphatic hydroxyl groups is 1. The largest absolute Gasteiger partial charge is 0.472 e. The highest BCUT2D eigenvalue weighted by molar-refractivity contribution is 7.99. The van der Waals surface area contributed by atoms with E-state index in [9.17, 15) is 19.9 Å². The Bertz CT molecular complexity index is 1100. The molecule has 1 aromatic rings. The van der Waals surface area contributed by atoms with Crippen molar-refractivity contribution in [2.24, 2.45) is 39.9 Å². The molecule has 0 spiro atoms. The lowest BCUT2D eigenvalue weighted by Gasteiger charge is -2.65. The van der Waals surface area contributed by atoms with Crippen LogP contribution in [0.15, 0.2) is 46.8 Å². The first-order chi connectivity index (χ1) is 17.5. The number of nitrogens with zero attached hydrogens (tertiary/aromatic N) is 1. The van der Waals surface area contributed by atoms with E-state index in [1.54, 1.807) is 36.4 Å². The Morgan fingerprint density at radius 2 is 2.05 bits per heavy atom. The van der Waals surface area contributed by atoms with Crippen LogP contribution < -0.4 is 0 Å². The molecular formula is C30H41NO5S. The van der Waals surface area contributed by atoms with E-state index in [0.29, 0.717) is 25.3 Å². The van der Waals surface area contributed by atoms with Crippen molar-refractivity contribution in [1.29, 1.82) is 0 Å². The van der Waals surface area contributed by atoms with E-state index in [4.69, 9.17) is 4.42 Å². The van der Waals surface area contributed by atoms with Gasteiger partial charge in [0.15, 0.2) is 5.78 Å². The Kier molecular flexibility index (Phi) is 7.14. The summed E-state index contributed by atoms with van der Waals surface area (Å²) in [5.74, 6) is 1.94. The molecule has 0 saturated heterocycles. The molecule has 3 fully saturated rings. The van der Waals surface area contributed by atoms with Crippen LogP contribution in [0.3, 0.4) is 0 Å². The minimum Gasteiger partial charge on any atom is -0.472 e. The maximum atomic E-state index is 13.8. The summed E-state index contributed by atoms with van der Waals surface area (Å²) in [5.41, 5.74) is 0.889. The van der Waals surface area contributed by atoms with Crippen molar-refractivity contribution >= 4 is 23.3 Å². The molecule has 1 aromatic heterocycles. The smallest absolute Gasteiger partial charge is 0.178 e. The minimum absolute atomic E-state index is 0.0135. The number of Topliss-reactive ketones (excluding diaryl/α,β-unsaturated/α-hetero) is 1. The molecule has 0 radical (unpaired) electrons. The molecule has 5 rings (SSSR count). The number of fused-ring (bicyclic) bond motifs is 5. The van der Waals surface area contributed by atoms with E-state index in [0.717, 1.165) is 36.2 Å². The molecule has 0 aliphatic heterocycles. The van der Waals surface area contributed by atoms with Crippen LogP contribution in [-0.4, -0.2) is 51.1 Å². The molecule has 37 heavy (non-hydrogen) atoms. The Hall–Kier alpha value is -1.67. The van der Waals surface area contributed by atoms with E-state index in [1.807, 2.05) is 12.1 Å². The molecular weight excluding hydrogens is 486 g/mol. The predicted octanol–water partition coefficient (Wildman–Crippen LogP) is 5.30. The summed E-state index contributed by atoms with van der Waals surface area (Å²) in [5, 5.41) is 24.2. The fourth-order valence-corrected chi connectivity index (χ4v) is 9.44. The van der Waals surface area contributed by atoms with Crippen LogP contribution in [-0.2, 0) is 16.1 Å². The van der Waals surface area contributed by atoms with Gasteiger partial charge in [-0.2, -0.15) is 16.8 Å². The Morgan fingerprint density at radius 3 is 2.76 bits per heavy atom. The highest BCUT2D eigenvalue weighted by atomic mass is 32.2. The number of allylic oxidation sites excluding steroid dienone is 4. The van der Waals surface area contributed by atoms with Crippen molar-refractivity contribution in [2.75, 3.05) is 18.1 Å². The van der Waals surface area contributed by atoms with Gasteiger partial charge in [-0.05, 0) is 72.8 Å². The zero-order valence-electron chi connectivity index (χ0n) is 22.5. The third kappa shape index (κ3) is 4.21. The molecule has 202 valence electrons. The second kappa shape index (κ2) is 9.82. The van der Waals surface area contributed by atoms with Crippen molar-refractivity contribution in [2.45, 2.75) is 66.0 Å². The van der Waals surface area contributed by atoms with Gasteiger partial charge in [0.25, 0.3) is 0 Å². The number of carbonyl (C=O) groups excluding carboxylic acids is 2. The fraction of sp³-hybridized carbons (Fsp3) is 0.667. The highest BCUT2D eigenvalue weighted by Gasteiger charge is 2.69. The number of hydrogen-bond acceptors (Lipinski definition) is 7. The summed E-state index contributed by atoms with van der Waals surface area (Å²) < 4.78 is 5.17. The van der Waals surface area contributed by atoms with Gasteiger partial charge < -0.3 is 14.7 Å². The standard InChI is InChI=1S/C30H41NO5S/c1-5-37-18-25(33)27-20(16-31(35)15-19-9-11-36-17-19)12-24-23-7-6-21-13-22(32)8-10-29(21,3)30(23,4)26(34)14-28(24,27)2/h8-11,13,17,20,23-24,26-27,34-35H,5-7,12,14-16,18H2,1-4H3. The van der Waals surface area contributed by atoms with Gasteiger partial charge in [0.2, 0.25) is 0 Å². The molecule has 0 amide bonds. The second-order valence-electron chi connectivity index (χ2n) is 12.4. The first-order valence-corrected chi connectivity index (χ1v) is 14.9. The fourth-order valence-electron chi connectivity index (χ4n) is 8.85. The Morgan fingerprint density at radius 1 is 1.27 bits per heavy atom.